The van der Waals surface area contributed by atoms with Crippen LogP contribution in [0.1, 0.15) is 39.3 Å². The zero-order chi connectivity index (χ0) is 13.0. The number of hydrogen-bond acceptors (Lipinski definition) is 3. The Bertz CT molecular complexity index is 350. The lowest BCUT2D eigenvalue weighted by Gasteiger charge is -2.35. The molecule has 4 nitrogen and oxygen atoms in total. The smallest absolute Gasteiger partial charge is 0.0522 e. The zero-order valence-corrected chi connectivity index (χ0v) is 11.9. The van der Waals surface area contributed by atoms with Crippen LogP contribution in [0.5, 0.6) is 0 Å². The lowest BCUT2D eigenvalue weighted by atomic mass is 10.0. The van der Waals surface area contributed by atoms with Crippen LogP contribution in [-0.2, 0) is 13.1 Å². The standard InChI is InChI=1S/C14H26N4/c1-4-18-14(5-8-16-18)11-15-13-6-9-17(10-7-13)12(2)3/h5,8,12-13,15H,4,6-7,9-11H2,1-3H3. The van der Waals surface area contributed by atoms with Gasteiger partial charge in [-0.15, -0.1) is 0 Å². The van der Waals surface area contributed by atoms with E-state index in [4.69, 9.17) is 0 Å². The van der Waals surface area contributed by atoms with Crippen LogP contribution in [0.2, 0.25) is 0 Å². The van der Waals surface area contributed by atoms with Gasteiger partial charge in [-0.2, -0.15) is 5.10 Å². The summed E-state index contributed by atoms with van der Waals surface area (Å²) < 4.78 is 2.07. The molecule has 0 amide bonds. The Labute approximate surface area is 110 Å². The average molecular weight is 250 g/mol. The van der Waals surface area contributed by atoms with Crippen molar-refractivity contribution in [2.24, 2.45) is 0 Å². The van der Waals surface area contributed by atoms with E-state index < -0.39 is 0 Å². The van der Waals surface area contributed by atoms with Gasteiger partial charge in [0.1, 0.15) is 0 Å². The second-order valence-corrected chi connectivity index (χ2v) is 5.42. The molecular weight excluding hydrogens is 224 g/mol. The number of nitrogens with zero attached hydrogens (tertiary/aromatic N) is 3. The van der Waals surface area contributed by atoms with E-state index in [0.29, 0.717) is 12.1 Å². The average Bonchev–Trinajstić information content (AvgIpc) is 2.84. The van der Waals surface area contributed by atoms with Crippen molar-refractivity contribution < 1.29 is 0 Å². The molecule has 102 valence electrons. The largest absolute Gasteiger partial charge is 0.308 e. The first-order valence-corrected chi connectivity index (χ1v) is 7.18. The van der Waals surface area contributed by atoms with E-state index in [-0.39, 0.29) is 0 Å². The van der Waals surface area contributed by atoms with E-state index in [9.17, 15) is 0 Å². The normalized spacial score (nSPS) is 18.7. The number of nitrogens with one attached hydrogen (secondary N) is 1. The van der Waals surface area contributed by atoms with E-state index in [0.717, 1.165) is 13.1 Å². The third-order valence-electron chi connectivity index (χ3n) is 3.94. The highest BCUT2D eigenvalue weighted by molar-refractivity contribution is 5.00. The fourth-order valence-corrected chi connectivity index (χ4v) is 2.66. The predicted octanol–water partition coefficient (Wildman–Crippen LogP) is 1.87. The second-order valence-electron chi connectivity index (χ2n) is 5.42. The molecule has 1 N–H and O–H groups in total. The Hall–Kier alpha value is -0.870. The number of hydrogen-bond donors (Lipinski definition) is 1. The molecule has 1 aromatic heterocycles. The van der Waals surface area contributed by atoms with Crippen molar-refractivity contribution in [3.05, 3.63) is 18.0 Å². The summed E-state index contributed by atoms with van der Waals surface area (Å²) in [5, 5.41) is 7.97. The summed E-state index contributed by atoms with van der Waals surface area (Å²) in [5.41, 5.74) is 1.30. The molecule has 2 heterocycles. The van der Waals surface area contributed by atoms with Crippen molar-refractivity contribution in [3.8, 4) is 0 Å². The van der Waals surface area contributed by atoms with Gasteiger partial charge in [-0.05, 0) is 52.8 Å². The Morgan fingerprint density at radius 2 is 2.11 bits per heavy atom. The highest BCUT2D eigenvalue weighted by atomic mass is 15.3. The van der Waals surface area contributed by atoms with Crippen LogP contribution in [0.15, 0.2) is 12.3 Å². The second kappa shape index (κ2) is 6.34. The minimum absolute atomic E-state index is 0.667. The van der Waals surface area contributed by atoms with Crippen LogP contribution in [-0.4, -0.2) is 39.9 Å². The molecule has 1 aromatic rings. The van der Waals surface area contributed by atoms with E-state index in [1.54, 1.807) is 0 Å². The van der Waals surface area contributed by atoms with Crippen molar-refractivity contribution in [2.45, 2.75) is 58.8 Å². The van der Waals surface area contributed by atoms with Crippen molar-refractivity contribution in [1.29, 1.82) is 0 Å². The molecule has 0 unspecified atom stereocenters. The summed E-state index contributed by atoms with van der Waals surface area (Å²) in [6.45, 7) is 11.1. The highest BCUT2D eigenvalue weighted by Gasteiger charge is 2.20. The quantitative estimate of drug-likeness (QED) is 0.866. The van der Waals surface area contributed by atoms with Crippen LogP contribution in [0, 0.1) is 0 Å². The molecule has 0 atom stereocenters. The van der Waals surface area contributed by atoms with Crippen LogP contribution in [0.25, 0.3) is 0 Å². The Kier molecular flexibility index (Phi) is 4.78. The Balaban J connectivity index is 1.75. The minimum Gasteiger partial charge on any atom is -0.308 e. The third kappa shape index (κ3) is 3.33. The van der Waals surface area contributed by atoms with E-state index >= 15 is 0 Å². The summed E-state index contributed by atoms with van der Waals surface area (Å²) in [6, 6.07) is 3.47. The predicted molar refractivity (Wildman–Crippen MR) is 74.5 cm³/mol. The molecule has 18 heavy (non-hydrogen) atoms. The molecule has 1 aliphatic heterocycles. The van der Waals surface area contributed by atoms with Crippen LogP contribution < -0.4 is 5.32 Å². The topological polar surface area (TPSA) is 33.1 Å². The first kappa shape index (κ1) is 13.6. The SMILES string of the molecule is CCn1nccc1CNC1CCN(C(C)C)CC1. The molecule has 1 saturated heterocycles. The van der Waals surface area contributed by atoms with Crippen molar-refractivity contribution in [1.82, 2.24) is 20.0 Å². The number of likely N-dealkylation sites (tertiary alicyclic amines) is 1. The first-order chi connectivity index (χ1) is 8.70. The van der Waals surface area contributed by atoms with Gasteiger partial charge in [0.25, 0.3) is 0 Å². The summed E-state index contributed by atoms with van der Waals surface area (Å²) >= 11 is 0. The minimum atomic E-state index is 0.667. The van der Waals surface area contributed by atoms with Crippen LogP contribution in [0.4, 0.5) is 0 Å². The Morgan fingerprint density at radius 3 is 2.72 bits per heavy atom. The lowest BCUT2D eigenvalue weighted by molar-refractivity contribution is 0.160. The van der Waals surface area contributed by atoms with Gasteiger partial charge in [-0.3, -0.25) is 4.68 Å². The van der Waals surface area contributed by atoms with Gasteiger partial charge in [0.05, 0.1) is 5.69 Å². The lowest BCUT2D eigenvalue weighted by Crippen LogP contribution is -2.44. The molecule has 0 spiro atoms. The number of aromatic nitrogens is 2. The van der Waals surface area contributed by atoms with E-state index in [1.165, 1.54) is 31.6 Å². The van der Waals surface area contributed by atoms with Gasteiger partial charge in [0, 0.05) is 31.4 Å². The first-order valence-electron chi connectivity index (χ1n) is 7.18. The molecule has 0 radical (unpaired) electrons. The molecule has 0 aromatic carbocycles. The fraction of sp³-hybridized carbons (Fsp3) is 0.786. The Morgan fingerprint density at radius 1 is 1.39 bits per heavy atom. The highest BCUT2D eigenvalue weighted by Crippen LogP contribution is 2.13. The number of piperidine rings is 1. The van der Waals surface area contributed by atoms with Gasteiger partial charge < -0.3 is 10.2 Å². The molecule has 0 aliphatic carbocycles. The molecule has 0 bridgehead atoms. The molecule has 0 saturated carbocycles. The molecule has 1 aliphatic rings. The summed E-state index contributed by atoms with van der Waals surface area (Å²) in [7, 11) is 0. The zero-order valence-electron chi connectivity index (χ0n) is 11.9. The van der Waals surface area contributed by atoms with E-state index in [1.807, 2.05) is 6.20 Å². The number of rotatable bonds is 5. The van der Waals surface area contributed by atoms with Crippen molar-refractivity contribution in [2.75, 3.05) is 13.1 Å². The van der Waals surface area contributed by atoms with Gasteiger partial charge >= 0.3 is 0 Å². The maximum atomic E-state index is 4.30. The maximum absolute atomic E-state index is 4.30. The monoisotopic (exact) mass is 250 g/mol. The molecule has 2 rings (SSSR count). The number of aryl methyl sites for hydroxylation is 1. The van der Waals surface area contributed by atoms with Gasteiger partial charge in [-0.25, -0.2) is 0 Å². The summed E-state index contributed by atoms with van der Waals surface area (Å²) in [5.74, 6) is 0. The third-order valence-corrected chi connectivity index (χ3v) is 3.94. The molecule has 4 heteroatoms. The van der Waals surface area contributed by atoms with Crippen LogP contribution >= 0.6 is 0 Å². The summed E-state index contributed by atoms with van der Waals surface area (Å²) in [4.78, 5) is 2.56. The van der Waals surface area contributed by atoms with Crippen molar-refractivity contribution >= 4 is 0 Å². The van der Waals surface area contributed by atoms with Gasteiger partial charge in [-0.1, -0.05) is 0 Å². The van der Waals surface area contributed by atoms with Gasteiger partial charge in [0.15, 0.2) is 0 Å². The molecular formula is C14H26N4. The van der Waals surface area contributed by atoms with E-state index in [2.05, 4.69) is 46.8 Å². The van der Waals surface area contributed by atoms with Crippen LogP contribution in [0.3, 0.4) is 0 Å². The molecule has 1 fully saturated rings. The van der Waals surface area contributed by atoms with Gasteiger partial charge in [0.2, 0.25) is 0 Å². The maximum Gasteiger partial charge on any atom is 0.0522 e. The fourth-order valence-electron chi connectivity index (χ4n) is 2.66. The summed E-state index contributed by atoms with van der Waals surface area (Å²) in [6.07, 6.45) is 4.42. The van der Waals surface area contributed by atoms with Crippen molar-refractivity contribution in [3.63, 3.8) is 0 Å².